The standard InChI is InChI=1S/C11H13ClO4/c1-16-10(14)6-9(13)11(15)7-4-2-3-5-8(7)12/h2-5,9,11,13,15H,6H2,1H3. The highest BCUT2D eigenvalue weighted by atomic mass is 35.5. The molecule has 0 spiro atoms. The third-order valence-corrected chi connectivity index (χ3v) is 2.54. The van der Waals surface area contributed by atoms with E-state index in [0.717, 1.165) is 0 Å². The summed E-state index contributed by atoms with van der Waals surface area (Å²) in [6.07, 6.45) is -2.71. The number of carbonyl (C=O) groups excluding carboxylic acids is 1. The van der Waals surface area contributed by atoms with Gasteiger partial charge in [-0.05, 0) is 6.07 Å². The fourth-order valence-corrected chi connectivity index (χ4v) is 1.54. The van der Waals surface area contributed by atoms with Crippen LogP contribution in [0.3, 0.4) is 0 Å². The van der Waals surface area contributed by atoms with Crippen molar-refractivity contribution in [3.63, 3.8) is 0 Å². The van der Waals surface area contributed by atoms with E-state index in [4.69, 9.17) is 11.6 Å². The third kappa shape index (κ3) is 3.20. The summed E-state index contributed by atoms with van der Waals surface area (Å²) in [5, 5.41) is 19.7. The summed E-state index contributed by atoms with van der Waals surface area (Å²) < 4.78 is 4.39. The molecule has 0 saturated heterocycles. The van der Waals surface area contributed by atoms with Crippen molar-refractivity contribution in [3.05, 3.63) is 34.9 Å². The lowest BCUT2D eigenvalue weighted by molar-refractivity contribution is -0.144. The Balaban J connectivity index is 2.74. The Kier molecular flexibility index (Phi) is 4.73. The van der Waals surface area contributed by atoms with E-state index < -0.39 is 18.2 Å². The Morgan fingerprint density at radius 3 is 2.62 bits per heavy atom. The highest BCUT2D eigenvalue weighted by Gasteiger charge is 2.23. The van der Waals surface area contributed by atoms with Crippen LogP contribution in [-0.4, -0.2) is 29.4 Å². The molecule has 0 amide bonds. The third-order valence-electron chi connectivity index (χ3n) is 2.19. The number of halogens is 1. The molecule has 0 fully saturated rings. The second-order valence-corrected chi connectivity index (χ2v) is 3.72. The summed E-state index contributed by atoms with van der Waals surface area (Å²) in [5.41, 5.74) is 0.389. The van der Waals surface area contributed by atoms with Crippen molar-refractivity contribution in [2.24, 2.45) is 0 Å². The highest BCUT2D eigenvalue weighted by Crippen LogP contribution is 2.26. The maximum Gasteiger partial charge on any atom is 0.308 e. The molecular formula is C11H13ClO4. The van der Waals surface area contributed by atoms with E-state index in [0.29, 0.717) is 10.6 Å². The Bertz CT molecular complexity index is 367. The van der Waals surface area contributed by atoms with Crippen LogP contribution < -0.4 is 0 Å². The minimum atomic E-state index is -1.23. The molecule has 2 atom stereocenters. The summed E-state index contributed by atoms with van der Waals surface area (Å²) >= 11 is 5.85. The molecule has 1 aromatic carbocycles. The molecule has 16 heavy (non-hydrogen) atoms. The first-order valence-corrected chi connectivity index (χ1v) is 5.11. The monoisotopic (exact) mass is 244 g/mol. The number of aliphatic hydroxyl groups excluding tert-OH is 2. The first-order chi connectivity index (χ1) is 7.56. The van der Waals surface area contributed by atoms with Crippen molar-refractivity contribution in [2.75, 3.05) is 7.11 Å². The SMILES string of the molecule is COC(=O)CC(O)C(O)c1ccccc1Cl. The van der Waals surface area contributed by atoms with E-state index >= 15 is 0 Å². The number of aliphatic hydroxyl groups is 2. The molecule has 2 N–H and O–H groups in total. The van der Waals surface area contributed by atoms with Crippen LogP contribution in [0.15, 0.2) is 24.3 Å². The number of methoxy groups -OCH3 is 1. The predicted octanol–water partition coefficient (Wildman–Crippen LogP) is 1.30. The van der Waals surface area contributed by atoms with Gasteiger partial charge in [-0.25, -0.2) is 0 Å². The first kappa shape index (κ1) is 13.0. The van der Waals surface area contributed by atoms with Gasteiger partial charge in [0.1, 0.15) is 6.10 Å². The molecular weight excluding hydrogens is 232 g/mol. The maximum atomic E-state index is 10.9. The van der Waals surface area contributed by atoms with Gasteiger partial charge in [0.15, 0.2) is 0 Å². The van der Waals surface area contributed by atoms with Crippen molar-refractivity contribution in [2.45, 2.75) is 18.6 Å². The van der Waals surface area contributed by atoms with Gasteiger partial charge < -0.3 is 14.9 Å². The molecule has 0 saturated carbocycles. The number of esters is 1. The fourth-order valence-electron chi connectivity index (χ4n) is 1.29. The van der Waals surface area contributed by atoms with Crippen molar-refractivity contribution in [1.82, 2.24) is 0 Å². The summed E-state index contributed by atoms with van der Waals surface area (Å²) in [5.74, 6) is -0.585. The summed E-state index contributed by atoms with van der Waals surface area (Å²) in [4.78, 5) is 10.9. The summed E-state index contributed by atoms with van der Waals surface area (Å²) in [7, 11) is 1.22. The molecule has 0 bridgehead atoms. The minimum absolute atomic E-state index is 0.275. The Hall–Kier alpha value is -1.10. The van der Waals surface area contributed by atoms with Crippen LogP contribution in [0.25, 0.3) is 0 Å². The minimum Gasteiger partial charge on any atom is -0.469 e. The largest absolute Gasteiger partial charge is 0.469 e. The van der Waals surface area contributed by atoms with Gasteiger partial charge in [0.25, 0.3) is 0 Å². The Labute approximate surface area is 98.4 Å². The lowest BCUT2D eigenvalue weighted by Crippen LogP contribution is -2.22. The number of hydrogen-bond acceptors (Lipinski definition) is 4. The van der Waals surface area contributed by atoms with Gasteiger partial charge in [-0.15, -0.1) is 0 Å². The van der Waals surface area contributed by atoms with E-state index in [1.807, 2.05) is 0 Å². The van der Waals surface area contributed by atoms with Gasteiger partial charge in [0, 0.05) is 10.6 Å². The Morgan fingerprint density at radius 1 is 1.44 bits per heavy atom. The molecule has 0 radical (unpaired) electrons. The number of ether oxygens (including phenoxy) is 1. The predicted molar refractivity (Wildman–Crippen MR) is 59.1 cm³/mol. The van der Waals surface area contributed by atoms with Gasteiger partial charge in [-0.1, -0.05) is 29.8 Å². The molecule has 0 aromatic heterocycles. The van der Waals surface area contributed by atoms with Crippen molar-refractivity contribution in [1.29, 1.82) is 0 Å². The molecule has 0 heterocycles. The molecule has 1 aromatic rings. The molecule has 1 rings (SSSR count). The van der Waals surface area contributed by atoms with E-state index in [1.54, 1.807) is 24.3 Å². The summed E-state index contributed by atoms with van der Waals surface area (Å²) in [6, 6.07) is 6.60. The maximum absolute atomic E-state index is 10.9. The second kappa shape index (κ2) is 5.84. The van der Waals surface area contributed by atoms with E-state index in [1.165, 1.54) is 7.11 Å². The molecule has 0 aliphatic carbocycles. The Morgan fingerprint density at radius 2 is 2.06 bits per heavy atom. The number of hydrogen-bond donors (Lipinski definition) is 2. The highest BCUT2D eigenvalue weighted by molar-refractivity contribution is 6.31. The van der Waals surface area contributed by atoms with Crippen LogP contribution in [0, 0.1) is 0 Å². The van der Waals surface area contributed by atoms with Gasteiger partial charge in [-0.3, -0.25) is 4.79 Å². The number of rotatable bonds is 4. The van der Waals surface area contributed by atoms with E-state index in [9.17, 15) is 15.0 Å². The van der Waals surface area contributed by atoms with Crippen molar-refractivity contribution < 1.29 is 19.7 Å². The van der Waals surface area contributed by atoms with Crippen molar-refractivity contribution in [3.8, 4) is 0 Å². The normalized spacial score (nSPS) is 14.2. The van der Waals surface area contributed by atoms with Crippen LogP contribution >= 0.6 is 11.6 Å². The average Bonchev–Trinajstić information content (AvgIpc) is 2.28. The zero-order valence-electron chi connectivity index (χ0n) is 8.76. The quantitative estimate of drug-likeness (QED) is 0.784. The van der Waals surface area contributed by atoms with Crippen LogP contribution in [0.5, 0.6) is 0 Å². The van der Waals surface area contributed by atoms with Gasteiger partial charge in [0.2, 0.25) is 0 Å². The van der Waals surface area contributed by atoms with Gasteiger partial charge in [-0.2, -0.15) is 0 Å². The van der Waals surface area contributed by atoms with Crippen LogP contribution in [-0.2, 0) is 9.53 Å². The smallest absolute Gasteiger partial charge is 0.308 e. The summed E-state index contributed by atoms with van der Waals surface area (Å²) in [6.45, 7) is 0. The van der Waals surface area contributed by atoms with Crippen LogP contribution in [0.2, 0.25) is 5.02 Å². The molecule has 5 heteroatoms. The molecule has 2 unspecified atom stereocenters. The molecule has 0 aliphatic rings. The number of benzene rings is 1. The van der Waals surface area contributed by atoms with Crippen molar-refractivity contribution >= 4 is 17.6 Å². The van der Waals surface area contributed by atoms with Crippen LogP contribution in [0.4, 0.5) is 0 Å². The number of carbonyl (C=O) groups is 1. The topological polar surface area (TPSA) is 66.8 Å². The zero-order valence-corrected chi connectivity index (χ0v) is 9.52. The van der Waals surface area contributed by atoms with E-state index in [2.05, 4.69) is 4.74 Å². The second-order valence-electron chi connectivity index (χ2n) is 3.31. The molecule has 88 valence electrons. The first-order valence-electron chi connectivity index (χ1n) is 4.73. The van der Waals surface area contributed by atoms with Gasteiger partial charge in [0.05, 0.1) is 19.6 Å². The van der Waals surface area contributed by atoms with E-state index in [-0.39, 0.29) is 6.42 Å². The lowest BCUT2D eigenvalue weighted by atomic mass is 10.0. The average molecular weight is 245 g/mol. The van der Waals surface area contributed by atoms with Gasteiger partial charge >= 0.3 is 5.97 Å². The fraction of sp³-hybridized carbons (Fsp3) is 0.364. The molecule has 4 nitrogen and oxygen atoms in total. The zero-order chi connectivity index (χ0) is 12.1. The van der Waals surface area contributed by atoms with Crippen LogP contribution in [0.1, 0.15) is 18.1 Å². The molecule has 0 aliphatic heterocycles. The lowest BCUT2D eigenvalue weighted by Gasteiger charge is -2.18.